The monoisotopic (exact) mass is 172 g/mol. The molecule has 0 unspecified atom stereocenters. The molecule has 0 aliphatic heterocycles. The molecule has 5 heteroatoms. The Morgan fingerprint density at radius 2 is 2.00 bits per heavy atom. The lowest BCUT2D eigenvalue weighted by Crippen LogP contribution is -2.07. The Bertz CT molecular complexity index is 218. The number of esters is 1. The number of carbonyl (C=O) groups excluding carboxylic acids is 2. The molecule has 66 valence electrons. The molecule has 0 aliphatic rings. The van der Waals surface area contributed by atoms with Crippen LogP contribution < -0.4 is 0 Å². The van der Waals surface area contributed by atoms with Crippen LogP contribution in [0.1, 0.15) is 12.8 Å². The highest BCUT2D eigenvalue weighted by Gasteiger charge is 2.09. The van der Waals surface area contributed by atoms with Crippen molar-refractivity contribution >= 4 is 18.4 Å². The average molecular weight is 172 g/mol. The Morgan fingerprint density at radius 3 is 2.42 bits per heavy atom. The number of ether oxygens (including phenoxy) is 1. The van der Waals surface area contributed by atoms with Gasteiger partial charge in [-0.2, -0.15) is 0 Å². The van der Waals surface area contributed by atoms with Gasteiger partial charge in [0.2, 0.25) is 0 Å². The van der Waals surface area contributed by atoms with Crippen LogP contribution >= 0.6 is 0 Å². The molecule has 0 saturated heterocycles. The van der Waals surface area contributed by atoms with Gasteiger partial charge in [0.1, 0.15) is 0 Å². The molecular formula is C7H8O5. The highest BCUT2D eigenvalue weighted by molar-refractivity contribution is 5.92. The van der Waals surface area contributed by atoms with Crippen LogP contribution in [0.5, 0.6) is 0 Å². The third-order valence-electron chi connectivity index (χ3n) is 1.08. The predicted molar refractivity (Wildman–Crippen MR) is 38.2 cm³/mol. The van der Waals surface area contributed by atoms with Gasteiger partial charge < -0.3 is 9.84 Å². The number of carbonyl (C=O) groups is 3. The van der Waals surface area contributed by atoms with E-state index in [1.165, 1.54) is 0 Å². The molecule has 0 heterocycles. The Labute approximate surface area is 68.6 Å². The highest BCUT2D eigenvalue weighted by Crippen LogP contribution is 2.03. The molecule has 0 bridgehead atoms. The lowest BCUT2D eigenvalue weighted by Gasteiger charge is -1.98. The Hall–Kier alpha value is -1.65. The van der Waals surface area contributed by atoms with Crippen molar-refractivity contribution in [2.75, 3.05) is 0 Å². The van der Waals surface area contributed by atoms with E-state index in [0.717, 1.165) is 0 Å². The summed E-state index contributed by atoms with van der Waals surface area (Å²) in [4.78, 5) is 30.3. The maximum atomic E-state index is 10.6. The van der Waals surface area contributed by atoms with Crippen LogP contribution in [0.4, 0.5) is 0 Å². The molecule has 0 amide bonds. The zero-order valence-electron chi connectivity index (χ0n) is 6.28. The first kappa shape index (κ1) is 10.3. The van der Waals surface area contributed by atoms with E-state index in [9.17, 15) is 14.4 Å². The Balaban J connectivity index is 3.79. The first-order valence-electron chi connectivity index (χ1n) is 3.12. The van der Waals surface area contributed by atoms with Gasteiger partial charge in [0, 0.05) is 12.0 Å². The molecule has 0 aromatic rings. The van der Waals surface area contributed by atoms with Crippen molar-refractivity contribution in [3.63, 3.8) is 0 Å². The standard InChI is InChI=1S/C7H8O5/c1-5(2-3-6(9)10)7(11)12-4-8/h4H,1-3H2,(H,9,10). The molecule has 0 aromatic heterocycles. The lowest BCUT2D eigenvalue weighted by atomic mass is 10.2. The van der Waals surface area contributed by atoms with Gasteiger partial charge in [0.25, 0.3) is 0 Å². The van der Waals surface area contributed by atoms with Crippen LogP contribution in [0.15, 0.2) is 12.2 Å². The number of rotatable bonds is 5. The fraction of sp³-hybridized carbons (Fsp3) is 0.286. The molecule has 0 rings (SSSR count). The fourth-order valence-corrected chi connectivity index (χ4v) is 0.487. The molecule has 1 N–H and O–H groups in total. The van der Waals surface area contributed by atoms with E-state index < -0.39 is 11.9 Å². The molecule has 0 aromatic carbocycles. The zero-order chi connectivity index (χ0) is 9.56. The molecule has 0 saturated carbocycles. The van der Waals surface area contributed by atoms with Gasteiger partial charge in [-0.25, -0.2) is 4.79 Å². The Morgan fingerprint density at radius 1 is 1.42 bits per heavy atom. The second-order valence-corrected chi connectivity index (χ2v) is 2.00. The number of carboxylic acids is 1. The third kappa shape index (κ3) is 4.21. The summed E-state index contributed by atoms with van der Waals surface area (Å²) in [5.41, 5.74) is -0.0236. The molecule has 5 nitrogen and oxygen atoms in total. The predicted octanol–water partition coefficient (Wildman–Crippen LogP) is 0.107. The number of aliphatic carboxylic acids is 1. The largest absolute Gasteiger partial charge is 0.481 e. The van der Waals surface area contributed by atoms with Crippen molar-refractivity contribution in [1.29, 1.82) is 0 Å². The highest BCUT2D eigenvalue weighted by atomic mass is 16.6. The fourth-order valence-electron chi connectivity index (χ4n) is 0.487. The van der Waals surface area contributed by atoms with Crippen molar-refractivity contribution in [2.24, 2.45) is 0 Å². The second-order valence-electron chi connectivity index (χ2n) is 2.00. The van der Waals surface area contributed by atoms with E-state index in [0.29, 0.717) is 0 Å². The van der Waals surface area contributed by atoms with Gasteiger partial charge in [-0.05, 0) is 6.42 Å². The van der Waals surface area contributed by atoms with Crippen molar-refractivity contribution in [1.82, 2.24) is 0 Å². The molecule has 0 spiro atoms. The summed E-state index contributed by atoms with van der Waals surface area (Å²) >= 11 is 0. The van der Waals surface area contributed by atoms with Gasteiger partial charge in [-0.3, -0.25) is 9.59 Å². The topological polar surface area (TPSA) is 80.7 Å². The molecule has 12 heavy (non-hydrogen) atoms. The Kier molecular flexibility index (Phi) is 4.36. The second kappa shape index (κ2) is 5.06. The normalized spacial score (nSPS) is 8.67. The van der Waals surface area contributed by atoms with Gasteiger partial charge >= 0.3 is 18.4 Å². The quantitative estimate of drug-likeness (QED) is 0.275. The average Bonchev–Trinajstić information content (AvgIpc) is 2.00. The van der Waals surface area contributed by atoms with E-state index >= 15 is 0 Å². The van der Waals surface area contributed by atoms with E-state index in [1.807, 2.05) is 0 Å². The van der Waals surface area contributed by atoms with Crippen LogP contribution in [0.25, 0.3) is 0 Å². The van der Waals surface area contributed by atoms with Gasteiger partial charge in [-0.15, -0.1) is 0 Å². The smallest absolute Gasteiger partial charge is 0.340 e. The minimum absolute atomic E-state index is 0.0119. The zero-order valence-corrected chi connectivity index (χ0v) is 6.28. The van der Waals surface area contributed by atoms with Gasteiger partial charge in [0.15, 0.2) is 0 Å². The van der Waals surface area contributed by atoms with Crippen LogP contribution in [0, 0.1) is 0 Å². The SMILES string of the molecule is C=C(CCC(=O)O)C(=O)OC=O. The molecule has 0 atom stereocenters. The summed E-state index contributed by atoms with van der Waals surface area (Å²) in [6.45, 7) is 3.23. The van der Waals surface area contributed by atoms with Crippen molar-refractivity contribution in [2.45, 2.75) is 12.8 Å². The summed E-state index contributed by atoms with van der Waals surface area (Å²) in [6.07, 6.45) is -0.213. The number of carboxylic acid groups (broad SMARTS) is 1. The third-order valence-corrected chi connectivity index (χ3v) is 1.08. The summed E-state index contributed by atoms with van der Waals surface area (Å²) in [5.74, 6) is -1.92. The van der Waals surface area contributed by atoms with Crippen molar-refractivity contribution in [3.05, 3.63) is 12.2 Å². The molecular weight excluding hydrogens is 164 g/mol. The summed E-state index contributed by atoms with van der Waals surface area (Å²) < 4.78 is 3.92. The summed E-state index contributed by atoms with van der Waals surface area (Å²) in [7, 11) is 0. The molecule has 0 radical (unpaired) electrons. The lowest BCUT2D eigenvalue weighted by molar-refractivity contribution is -0.148. The van der Waals surface area contributed by atoms with Crippen LogP contribution in [-0.4, -0.2) is 23.5 Å². The summed E-state index contributed by atoms with van der Waals surface area (Å²) in [6, 6.07) is 0. The van der Waals surface area contributed by atoms with Gasteiger partial charge in [-0.1, -0.05) is 6.58 Å². The van der Waals surface area contributed by atoms with E-state index in [4.69, 9.17) is 5.11 Å². The molecule has 0 fully saturated rings. The van der Waals surface area contributed by atoms with Crippen molar-refractivity contribution < 1.29 is 24.2 Å². The first-order valence-corrected chi connectivity index (χ1v) is 3.12. The van der Waals surface area contributed by atoms with Gasteiger partial charge in [0.05, 0.1) is 0 Å². The molecule has 0 aliphatic carbocycles. The minimum atomic E-state index is -1.03. The number of hydrogen-bond acceptors (Lipinski definition) is 4. The van der Waals surface area contributed by atoms with E-state index in [2.05, 4.69) is 11.3 Å². The maximum absolute atomic E-state index is 10.6. The van der Waals surface area contributed by atoms with Crippen LogP contribution in [0.3, 0.4) is 0 Å². The van der Waals surface area contributed by atoms with E-state index in [-0.39, 0.29) is 24.9 Å². The van der Waals surface area contributed by atoms with Crippen molar-refractivity contribution in [3.8, 4) is 0 Å². The number of hydrogen-bond donors (Lipinski definition) is 1. The maximum Gasteiger partial charge on any atom is 0.340 e. The summed E-state index contributed by atoms with van der Waals surface area (Å²) in [5, 5.41) is 8.21. The van der Waals surface area contributed by atoms with E-state index in [1.54, 1.807) is 0 Å². The van der Waals surface area contributed by atoms with Crippen LogP contribution in [-0.2, 0) is 19.1 Å². The minimum Gasteiger partial charge on any atom is -0.481 e. The first-order chi connectivity index (χ1) is 5.57. The van der Waals surface area contributed by atoms with Crippen LogP contribution in [0.2, 0.25) is 0 Å².